The molecule has 3 heterocycles. The van der Waals surface area contributed by atoms with Crippen LogP contribution in [0.15, 0.2) is 82.3 Å². The van der Waals surface area contributed by atoms with Crippen LogP contribution in [0.2, 0.25) is 0 Å². The van der Waals surface area contributed by atoms with E-state index in [4.69, 9.17) is 4.74 Å². The van der Waals surface area contributed by atoms with Gasteiger partial charge in [0.15, 0.2) is 5.13 Å². The number of aliphatic hydroxyl groups is 1. The number of amides is 1. The van der Waals surface area contributed by atoms with Gasteiger partial charge in [-0.1, -0.05) is 72.8 Å². The van der Waals surface area contributed by atoms with Crippen LogP contribution < -0.4 is 10.6 Å². The van der Waals surface area contributed by atoms with E-state index in [0.29, 0.717) is 24.5 Å². The van der Waals surface area contributed by atoms with Gasteiger partial charge in [-0.15, -0.1) is 0 Å². The van der Waals surface area contributed by atoms with E-state index in [0.717, 1.165) is 31.8 Å². The standard InChI is InChI=1S/C27H29N5O3S2/c1-3-12-27(34,20-7-5-4-6-8-20)18-31-25(33)22-14-21(11-13-28-22)36-24-16-30-26(37-24)32-23-10-9-19(15-29-23)17-35-2/h4-11,13-16,34H,3,12,17-18H2,1-2H3,(H,31,33)(H,29,30,32). The molecule has 0 aliphatic rings. The molecule has 0 bridgehead atoms. The molecule has 4 rings (SSSR count). The number of anilines is 2. The first-order chi connectivity index (χ1) is 18.0. The first-order valence-corrected chi connectivity index (χ1v) is 13.5. The van der Waals surface area contributed by atoms with Crippen LogP contribution in [-0.2, 0) is 16.9 Å². The van der Waals surface area contributed by atoms with Crippen LogP contribution in [0.3, 0.4) is 0 Å². The largest absolute Gasteiger partial charge is 0.383 e. The van der Waals surface area contributed by atoms with Crippen LogP contribution in [0.5, 0.6) is 0 Å². The van der Waals surface area contributed by atoms with Gasteiger partial charge in [-0.3, -0.25) is 9.78 Å². The molecule has 0 saturated carbocycles. The molecule has 192 valence electrons. The summed E-state index contributed by atoms with van der Waals surface area (Å²) in [6.45, 7) is 2.63. The molecule has 0 fully saturated rings. The Morgan fingerprint density at radius 3 is 2.68 bits per heavy atom. The van der Waals surface area contributed by atoms with Crippen molar-refractivity contribution in [3.63, 3.8) is 0 Å². The number of rotatable bonds is 12. The van der Waals surface area contributed by atoms with Crippen LogP contribution >= 0.6 is 23.1 Å². The molecule has 1 atom stereocenters. The minimum atomic E-state index is -1.14. The number of pyridine rings is 2. The summed E-state index contributed by atoms with van der Waals surface area (Å²) in [6.07, 6.45) is 6.48. The summed E-state index contributed by atoms with van der Waals surface area (Å²) in [5.41, 5.74) is 0.935. The Bertz CT molecular complexity index is 1300. The molecule has 8 nitrogen and oxygen atoms in total. The third-order valence-electron chi connectivity index (χ3n) is 5.55. The number of nitrogens with one attached hydrogen (secondary N) is 2. The zero-order chi connectivity index (χ0) is 26.1. The molecule has 0 aliphatic heterocycles. The number of hydrogen-bond acceptors (Lipinski definition) is 9. The van der Waals surface area contributed by atoms with Crippen molar-refractivity contribution in [2.24, 2.45) is 0 Å². The van der Waals surface area contributed by atoms with Gasteiger partial charge in [0.05, 0.1) is 23.6 Å². The highest BCUT2D eigenvalue weighted by atomic mass is 32.2. The van der Waals surface area contributed by atoms with Gasteiger partial charge in [0.2, 0.25) is 0 Å². The molecule has 0 radical (unpaired) electrons. The van der Waals surface area contributed by atoms with E-state index >= 15 is 0 Å². The van der Waals surface area contributed by atoms with E-state index < -0.39 is 5.60 Å². The lowest BCUT2D eigenvalue weighted by atomic mass is 9.89. The number of aromatic nitrogens is 3. The molecule has 0 saturated heterocycles. The molecule has 1 aromatic carbocycles. The topological polar surface area (TPSA) is 109 Å². The summed E-state index contributed by atoms with van der Waals surface area (Å²) in [5, 5.41) is 18.0. The quantitative estimate of drug-likeness (QED) is 0.222. The zero-order valence-corrected chi connectivity index (χ0v) is 22.3. The predicted octanol–water partition coefficient (Wildman–Crippen LogP) is 5.39. The molecule has 1 unspecified atom stereocenters. The fraction of sp³-hybridized carbons (Fsp3) is 0.259. The monoisotopic (exact) mass is 535 g/mol. The Hall–Kier alpha value is -3.31. The highest BCUT2D eigenvalue weighted by Crippen LogP contribution is 2.35. The Kier molecular flexibility index (Phi) is 9.24. The maximum atomic E-state index is 12.9. The van der Waals surface area contributed by atoms with E-state index in [9.17, 15) is 9.90 Å². The molecule has 37 heavy (non-hydrogen) atoms. The number of carbonyl (C=O) groups is 1. The molecular formula is C27H29N5O3S2. The number of benzene rings is 1. The lowest BCUT2D eigenvalue weighted by molar-refractivity contribution is 0.0261. The van der Waals surface area contributed by atoms with Gasteiger partial charge in [0.25, 0.3) is 5.91 Å². The molecule has 0 aliphatic carbocycles. The number of methoxy groups -OCH3 is 1. The minimum absolute atomic E-state index is 0.104. The Morgan fingerprint density at radius 1 is 1.11 bits per heavy atom. The number of ether oxygens (including phenoxy) is 1. The maximum Gasteiger partial charge on any atom is 0.270 e. The summed E-state index contributed by atoms with van der Waals surface area (Å²) < 4.78 is 6.07. The lowest BCUT2D eigenvalue weighted by Crippen LogP contribution is -2.41. The number of nitrogens with zero attached hydrogens (tertiary/aromatic N) is 3. The second-order valence-electron chi connectivity index (χ2n) is 8.40. The van der Waals surface area contributed by atoms with Crippen molar-refractivity contribution in [2.75, 3.05) is 19.0 Å². The van der Waals surface area contributed by atoms with Crippen molar-refractivity contribution in [3.8, 4) is 0 Å². The molecule has 3 aromatic heterocycles. The van der Waals surface area contributed by atoms with E-state index in [1.54, 1.807) is 31.8 Å². The van der Waals surface area contributed by atoms with Crippen molar-refractivity contribution in [1.82, 2.24) is 20.3 Å². The lowest BCUT2D eigenvalue weighted by Gasteiger charge is -2.28. The third-order valence-corrected chi connectivity index (χ3v) is 7.56. The summed E-state index contributed by atoms with van der Waals surface area (Å²) in [5.74, 6) is 0.370. The van der Waals surface area contributed by atoms with Gasteiger partial charge >= 0.3 is 0 Å². The highest BCUT2D eigenvalue weighted by Gasteiger charge is 2.29. The van der Waals surface area contributed by atoms with Crippen LogP contribution in [0, 0.1) is 0 Å². The van der Waals surface area contributed by atoms with Gasteiger partial charge in [-0.25, -0.2) is 9.97 Å². The summed E-state index contributed by atoms with van der Waals surface area (Å²) in [7, 11) is 1.65. The van der Waals surface area contributed by atoms with E-state index in [1.807, 2.05) is 55.5 Å². The Morgan fingerprint density at radius 2 is 1.95 bits per heavy atom. The van der Waals surface area contributed by atoms with E-state index in [1.165, 1.54) is 23.1 Å². The smallest absolute Gasteiger partial charge is 0.270 e. The van der Waals surface area contributed by atoms with Crippen LogP contribution in [0.25, 0.3) is 0 Å². The third kappa shape index (κ3) is 7.36. The molecule has 1 amide bonds. The average molecular weight is 536 g/mol. The van der Waals surface area contributed by atoms with Crippen LogP contribution in [0.4, 0.5) is 10.9 Å². The first kappa shape index (κ1) is 26.7. The fourth-order valence-corrected chi connectivity index (χ4v) is 5.64. The summed E-state index contributed by atoms with van der Waals surface area (Å²) >= 11 is 2.99. The number of carbonyl (C=O) groups excluding carboxylic acids is 1. The minimum Gasteiger partial charge on any atom is -0.383 e. The van der Waals surface area contributed by atoms with Crippen LogP contribution in [-0.4, -0.2) is 39.6 Å². The predicted molar refractivity (Wildman–Crippen MR) is 146 cm³/mol. The summed E-state index contributed by atoms with van der Waals surface area (Å²) in [6, 6.07) is 16.9. The second-order valence-corrected chi connectivity index (χ2v) is 10.8. The van der Waals surface area contributed by atoms with Crippen molar-refractivity contribution in [2.45, 2.75) is 41.1 Å². The van der Waals surface area contributed by atoms with Crippen molar-refractivity contribution in [3.05, 3.63) is 90.0 Å². The molecular weight excluding hydrogens is 506 g/mol. The zero-order valence-electron chi connectivity index (χ0n) is 20.7. The van der Waals surface area contributed by atoms with Gasteiger partial charge in [-0.05, 0) is 35.7 Å². The van der Waals surface area contributed by atoms with Gasteiger partial charge in [0, 0.05) is 24.4 Å². The van der Waals surface area contributed by atoms with Crippen LogP contribution in [0.1, 0.15) is 41.4 Å². The molecule has 3 N–H and O–H groups in total. The van der Waals surface area contributed by atoms with Crippen molar-refractivity contribution in [1.29, 1.82) is 0 Å². The van der Waals surface area contributed by atoms with Gasteiger partial charge in [-0.2, -0.15) is 0 Å². The van der Waals surface area contributed by atoms with Gasteiger partial charge < -0.3 is 20.5 Å². The SMILES string of the molecule is CCCC(O)(CNC(=O)c1cc(Sc2cnc(Nc3ccc(COC)cn3)s2)ccn1)c1ccccc1. The molecule has 10 heteroatoms. The van der Waals surface area contributed by atoms with E-state index in [-0.39, 0.29) is 12.5 Å². The Labute approximate surface area is 224 Å². The number of thiazole rings is 1. The fourth-order valence-electron chi connectivity index (χ4n) is 3.75. The second kappa shape index (κ2) is 12.8. The normalized spacial score (nSPS) is 12.6. The van der Waals surface area contributed by atoms with Crippen molar-refractivity contribution >= 4 is 40.0 Å². The van der Waals surface area contributed by atoms with Crippen molar-refractivity contribution < 1.29 is 14.6 Å². The van der Waals surface area contributed by atoms with Gasteiger partial charge in [0.1, 0.15) is 17.1 Å². The molecule has 0 spiro atoms. The average Bonchev–Trinajstić information content (AvgIpc) is 3.36. The number of hydrogen-bond donors (Lipinski definition) is 3. The maximum absolute atomic E-state index is 12.9. The first-order valence-electron chi connectivity index (χ1n) is 11.9. The summed E-state index contributed by atoms with van der Waals surface area (Å²) in [4.78, 5) is 26.8. The molecule has 4 aromatic rings. The van der Waals surface area contributed by atoms with E-state index in [2.05, 4.69) is 25.6 Å². The Balaban J connectivity index is 1.37. The highest BCUT2D eigenvalue weighted by molar-refractivity contribution is 8.01.